The van der Waals surface area contributed by atoms with Crippen molar-refractivity contribution in [3.63, 3.8) is 0 Å². The quantitative estimate of drug-likeness (QED) is 0.890. The van der Waals surface area contributed by atoms with Crippen LogP contribution in [0.25, 0.3) is 0 Å². The van der Waals surface area contributed by atoms with Crippen LogP contribution in [0.15, 0.2) is 29.8 Å². The molecule has 0 aliphatic heterocycles. The van der Waals surface area contributed by atoms with Crippen molar-refractivity contribution in [2.75, 3.05) is 6.54 Å². The molecule has 0 atom stereocenters. The Kier molecular flexibility index (Phi) is 4.45. The second-order valence-corrected chi connectivity index (χ2v) is 4.20. The van der Waals surface area contributed by atoms with Crippen LogP contribution < -0.4 is 5.32 Å². The van der Waals surface area contributed by atoms with Crippen LogP contribution in [0.5, 0.6) is 0 Å². The van der Waals surface area contributed by atoms with Crippen LogP contribution in [0, 0.1) is 0 Å². The van der Waals surface area contributed by atoms with Crippen LogP contribution in [-0.4, -0.2) is 12.5 Å². The summed E-state index contributed by atoms with van der Waals surface area (Å²) < 4.78 is 0. The topological polar surface area (TPSA) is 29.1 Å². The fourth-order valence-corrected chi connectivity index (χ4v) is 1.39. The van der Waals surface area contributed by atoms with Gasteiger partial charge in [0, 0.05) is 10.1 Å². The maximum Gasteiger partial charge on any atom is 0.253 e. The summed E-state index contributed by atoms with van der Waals surface area (Å²) in [5, 5.41) is 3.70. The molecule has 0 heterocycles. The maximum atomic E-state index is 11.6. The average Bonchev–Trinajstić information content (AvgIpc) is 2.18. The van der Waals surface area contributed by atoms with Crippen molar-refractivity contribution in [1.29, 1.82) is 0 Å². The monoisotopic (exact) mass is 263 g/mol. The molecule has 5 heteroatoms. The summed E-state index contributed by atoms with van der Waals surface area (Å²) in [4.78, 5) is 11.6. The first-order valence-electron chi connectivity index (χ1n) is 4.07. The van der Waals surface area contributed by atoms with Gasteiger partial charge in [0.2, 0.25) is 0 Å². The van der Waals surface area contributed by atoms with E-state index in [1.54, 1.807) is 12.1 Å². The van der Waals surface area contributed by atoms with Gasteiger partial charge in [-0.3, -0.25) is 4.79 Å². The first-order valence-corrected chi connectivity index (χ1v) is 5.20. The molecule has 1 aromatic rings. The highest BCUT2D eigenvalue weighted by Crippen LogP contribution is 2.20. The molecule has 0 aromatic heterocycles. The summed E-state index contributed by atoms with van der Waals surface area (Å²) in [5.41, 5.74) is 0.321. The van der Waals surface area contributed by atoms with E-state index in [2.05, 4.69) is 11.9 Å². The highest BCUT2D eigenvalue weighted by molar-refractivity contribution is 6.35. The van der Waals surface area contributed by atoms with Gasteiger partial charge in [0.05, 0.1) is 17.1 Å². The van der Waals surface area contributed by atoms with Gasteiger partial charge in [0.1, 0.15) is 0 Å². The minimum atomic E-state index is -0.329. The molecule has 0 saturated heterocycles. The van der Waals surface area contributed by atoms with Crippen LogP contribution in [0.2, 0.25) is 10.0 Å². The van der Waals surface area contributed by atoms with Crippen molar-refractivity contribution in [2.45, 2.75) is 0 Å². The molecule has 0 radical (unpaired) electrons. The number of hydrogen-bond donors (Lipinski definition) is 1. The van der Waals surface area contributed by atoms with Crippen molar-refractivity contribution in [1.82, 2.24) is 5.32 Å². The molecule has 0 unspecified atom stereocenters. The number of carbonyl (C=O) groups is 1. The molecule has 80 valence electrons. The first-order chi connectivity index (χ1) is 7.00. The lowest BCUT2D eigenvalue weighted by molar-refractivity contribution is 0.0958. The van der Waals surface area contributed by atoms with Gasteiger partial charge in [-0.2, -0.15) is 0 Å². The molecule has 0 aliphatic rings. The first kappa shape index (κ1) is 12.4. The molecule has 0 spiro atoms. The van der Waals surface area contributed by atoms with E-state index in [1.807, 2.05) is 0 Å². The fraction of sp³-hybridized carbons (Fsp3) is 0.100. The Bertz CT molecular complexity index is 404. The van der Waals surface area contributed by atoms with Gasteiger partial charge in [-0.25, -0.2) is 0 Å². The third-order valence-electron chi connectivity index (χ3n) is 1.61. The van der Waals surface area contributed by atoms with E-state index in [4.69, 9.17) is 34.8 Å². The fourth-order valence-electron chi connectivity index (χ4n) is 0.943. The molecule has 0 bridgehead atoms. The highest BCUT2D eigenvalue weighted by Gasteiger charge is 2.10. The number of halogens is 3. The molecular weight excluding hydrogens is 256 g/mol. The van der Waals surface area contributed by atoms with Gasteiger partial charge in [-0.1, -0.05) is 41.4 Å². The SMILES string of the molecule is C=C(Cl)CNC(=O)c1cc(Cl)ccc1Cl. The zero-order valence-corrected chi connectivity index (χ0v) is 9.96. The molecular formula is C10H8Cl3NO. The second kappa shape index (κ2) is 5.40. The van der Waals surface area contributed by atoms with Crippen molar-refractivity contribution in [2.24, 2.45) is 0 Å². The van der Waals surface area contributed by atoms with E-state index < -0.39 is 0 Å². The minimum Gasteiger partial charge on any atom is -0.347 e. The van der Waals surface area contributed by atoms with Crippen molar-refractivity contribution < 1.29 is 4.79 Å². The number of hydrogen-bond acceptors (Lipinski definition) is 1. The Morgan fingerprint density at radius 3 is 2.67 bits per heavy atom. The van der Waals surface area contributed by atoms with E-state index in [9.17, 15) is 4.79 Å². The van der Waals surface area contributed by atoms with Gasteiger partial charge in [-0.15, -0.1) is 0 Å². The summed E-state index contributed by atoms with van der Waals surface area (Å²) in [6.07, 6.45) is 0. The Hall–Kier alpha value is -0.700. The summed E-state index contributed by atoms with van der Waals surface area (Å²) in [7, 11) is 0. The third-order valence-corrected chi connectivity index (χ3v) is 2.31. The van der Waals surface area contributed by atoms with Crippen molar-refractivity contribution >= 4 is 40.7 Å². The Morgan fingerprint density at radius 2 is 2.07 bits per heavy atom. The van der Waals surface area contributed by atoms with Gasteiger partial charge in [0.25, 0.3) is 5.91 Å². The molecule has 0 saturated carbocycles. The second-order valence-electron chi connectivity index (χ2n) is 2.82. The maximum absolute atomic E-state index is 11.6. The Labute approximate surface area is 103 Å². The number of benzene rings is 1. The molecule has 15 heavy (non-hydrogen) atoms. The molecule has 1 N–H and O–H groups in total. The van der Waals surface area contributed by atoms with E-state index >= 15 is 0 Å². The van der Waals surface area contributed by atoms with E-state index in [1.165, 1.54) is 6.07 Å². The average molecular weight is 265 g/mol. The van der Waals surface area contributed by atoms with Crippen molar-refractivity contribution in [3.8, 4) is 0 Å². The Morgan fingerprint density at radius 1 is 1.40 bits per heavy atom. The van der Waals surface area contributed by atoms with Crippen molar-refractivity contribution in [3.05, 3.63) is 45.4 Å². The van der Waals surface area contributed by atoms with E-state index in [0.29, 0.717) is 20.6 Å². The minimum absolute atomic E-state index is 0.198. The molecule has 0 aliphatic carbocycles. The molecule has 1 amide bonds. The standard InChI is InChI=1S/C10H8Cl3NO/c1-6(11)5-14-10(15)8-4-7(12)2-3-9(8)13/h2-4H,1,5H2,(H,14,15). The summed E-state index contributed by atoms with van der Waals surface area (Å²) in [6, 6.07) is 4.67. The smallest absolute Gasteiger partial charge is 0.253 e. The van der Waals surface area contributed by atoms with Crippen LogP contribution in [0.4, 0.5) is 0 Å². The Balaban J connectivity index is 2.81. The van der Waals surface area contributed by atoms with E-state index in [-0.39, 0.29) is 12.5 Å². The number of nitrogens with one attached hydrogen (secondary N) is 1. The predicted molar refractivity (Wildman–Crippen MR) is 63.8 cm³/mol. The van der Waals surface area contributed by atoms with Crippen LogP contribution >= 0.6 is 34.8 Å². The van der Waals surface area contributed by atoms with E-state index in [0.717, 1.165) is 0 Å². The highest BCUT2D eigenvalue weighted by atomic mass is 35.5. The lowest BCUT2D eigenvalue weighted by Crippen LogP contribution is -2.24. The number of carbonyl (C=O) groups excluding carboxylic acids is 1. The normalized spacial score (nSPS) is 9.80. The van der Waals surface area contributed by atoms with Gasteiger partial charge >= 0.3 is 0 Å². The largest absolute Gasteiger partial charge is 0.347 e. The third kappa shape index (κ3) is 3.74. The summed E-state index contributed by atoms with van der Waals surface area (Å²) in [6.45, 7) is 3.65. The van der Waals surface area contributed by atoms with Gasteiger partial charge in [0.15, 0.2) is 0 Å². The molecule has 2 nitrogen and oxygen atoms in total. The van der Waals surface area contributed by atoms with Gasteiger partial charge in [-0.05, 0) is 18.2 Å². The zero-order chi connectivity index (χ0) is 11.4. The predicted octanol–water partition coefficient (Wildman–Crippen LogP) is 3.48. The molecule has 1 rings (SSSR count). The lowest BCUT2D eigenvalue weighted by atomic mass is 10.2. The number of amides is 1. The summed E-state index contributed by atoms with van der Waals surface area (Å²) >= 11 is 17.1. The van der Waals surface area contributed by atoms with Crippen LogP contribution in [0.3, 0.4) is 0 Å². The number of rotatable bonds is 3. The zero-order valence-electron chi connectivity index (χ0n) is 7.69. The molecule has 1 aromatic carbocycles. The van der Waals surface area contributed by atoms with Gasteiger partial charge < -0.3 is 5.32 Å². The van der Waals surface area contributed by atoms with Crippen LogP contribution in [-0.2, 0) is 0 Å². The van der Waals surface area contributed by atoms with Crippen LogP contribution in [0.1, 0.15) is 10.4 Å². The lowest BCUT2D eigenvalue weighted by Gasteiger charge is -2.05. The molecule has 0 fully saturated rings. The summed E-state index contributed by atoms with van der Waals surface area (Å²) in [5.74, 6) is -0.329.